The van der Waals surface area contributed by atoms with Crippen LogP contribution in [0.1, 0.15) is 16.8 Å². The third-order valence-electron chi connectivity index (χ3n) is 4.06. The molecule has 0 unspecified atom stereocenters. The summed E-state index contributed by atoms with van der Waals surface area (Å²) >= 11 is 0. The molecule has 0 saturated heterocycles. The van der Waals surface area contributed by atoms with Gasteiger partial charge in [0.15, 0.2) is 0 Å². The van der Waals surface area contributed by atoms with Crippen LogP contribution in [0.4, 0.5) is 4.79 Å². The van der Waals surface area contributed by atoms with E-state index in [0.717, 1.165) is 28.3 Å². The molecule has 0 atom stereocenters. The van der Waals surface area contributed by atoms with Crippen molar-refractivity contribution in [1.82, 2.24) is 14.9 Å². The number of rotatable bonds is 6. The second kappa shape index (κ2) is 8.80. The summed E-state index contributed by atoms with van der Waals surface area (Å²) in [5, 5.41) is 2.77. The van der Waals surface area contributed by atoms with Crippen molar-refractivity contribution in [2.45, 2.75) is 19.9 Å². The van der Waals surface area contributed by atoms with Gasteiger partial charge in [-0.3, -0.25) is 0 Å². The summed E-state index contributed by atoms with van der Waals surface area (Å²) in [7, 11) is 1.64. The zero-order chi connectivity index (χ0) is 19.1. The molecule has 1 aromatic heterocycles. The number of benzene rings is 2. The predicted octanol–water partition coefficient (Wildman–Crippen LogP) is 3.71. The number of aryl methyl sites for hydroxylation is 1. The molecular weight excluding hydrogens is 340 g/mol. The number of carbonyl (C=O) groups excluding carboxylic acids is 1. The van der Waals surface area contributed by atoms with Gasteiger partial charge in [-0.05, 0) is 30.2 Å². The lowest BCUT2D eigenvalue weighted by Gasteiger charge is -2.10. The Morgan fingerprint density at radius 1 is 1.22 bits per heavy atom. The third-order valence-corrected chi connectivity index (χ3v) is 4.06. The van der Waals surface area contributed by atoms with E-state index in [0.29, 0.717) is 13.0 Å². The van der Waals surface area contributed by atoms with Crippen LogP contribution in [0.2, 0.25) is 0 Å². The SMILES string of the molecule is COc1cc(CC=NC(=O)NCc2ccccc2)ccc1-n1cnc(C)c1. The number of nitrogens with zero attached hydrogens (tertiary/aromatic N) is 3. The quantitative estimate of drug-likeness (QED) is 0.680. The second-order valence-corrected chi connectivity index (χ2v) is 6.09. The maximum atomic E-state index is 11.8. The van der Waals surface area contributed by atoms with Crippen LogP contribution in [-0.4, -0.2) is 28.9 Å². The average molecular weight is 362 g/mol. The molecule has 0 aliphatic carbocycles. The smallest absolute Gasteiger partial charge is 0.340 e. The van der Waals surface area contributed by atoms with Crippen LogP contribution >= 0.6 is 0 Å². The van der Waals surface area contributed by atoms with E-state index < -0.39 is 0 Å². The number of urea groups is 1. The fraction of sp³-hybridized carbons (Fsp3) is 0.190. The van der Waals surface area contributed by atoms with Crippen molar-refractivity contribution in [3.8, 4) is 11.4 Å². The topological polar surface area (TPSA) is 68.5 Å². The summed E-state index contributed by atoms with van der Waals surface area (Å²) in [5.74, 6) is 0.742. The summed E-state index contributed by atoms with van der Waals surface area (Å²) in [6.45, 7) is 2.40. The van der Waals surface area contributed by atoms with Gasteiger partial charge in [-0.15, -0.1) is 0 Å². The van der Waals surface area contributed by atoms with Gasteiger partial charge in [-0.25, -0.2) is 14.8 Å². The highest BCUT2D eigenvalue weighted by molar-refractivity contribution is 5.84. The van der Waals surface area contributed by atoms with Crippen LogP contribution in [0.25, 0.3) is 5.69 Å². The van der Waals surface area contributed by atoms with Crippen LogP contribution in [0.5, 0.6) is 5.75 Å². The Hall–Kier alpha value is -3.41. The number of aromatic nitrogens is 2. The number of nitrogens with one attached hydrogen (secondary N) is 1. The number of aliphatic imine (C=N–C) groups is 1. The maximum Gasteiger partial charge on any atom is 0.340 e. The van der Waals surface area contributed by atoms with Crippen molar-refractivity contribution in [3.05, 3.63) is 77.9 Å². The van der Waals surface area contributed by atoms with Crippen molar-refractivity contribution >= 4 is 12.2 Å². The molecule has 27 heavy (non-hydrogen) atoms. The first kappa shape index (κ1) is 18.4. The van der Waals surface area contributed by atoms with Crippen LogP contribution < -0.4 is 10.1 Å². The van der Waals surface area contributed by atoms with Gasteiger partial charge in [0.25, 0.3) is 0 Å². The largest absolute Gasteiger partial charge is 0.495 e. The molecule has 6 nitrogen and oxygen atoms in total. The number of ether oxygens (including phenoxy) is 1. The van der Waals surface area contributed by atoms with E-state index in [1.165, 1.54) is 0 Å². The van der Waals surface area contributed by atoms with Gasteiger partial charge >= 0.3 is 6.03 Å². The Balaban J connectivity index is 1.59. The third kappa shape index (κ3) is 5.04. The van der Waals surface area contributed by atoms with E-state index in [4.69, 9.17) is 4.74 Å². The van der Waals surface area contributed by atoms with Crippen molar-refractivity contribution in [2.75, 3.05) is 7.11 Å². The minimum atomic E-state index is -0.351. The molecular formula is C21H22N4O2. The van der Waals surface area contributed by atoms with Gasteiger partial charge in [0.2, 0.25) is 0 Å². The highest BCUT2D eigenvalue weighted by atomic mass is 16.5. The van der Waals surface area contributed by atoms with Gasteiger partial charge in [0, 0.05) is 25.4 Å². The molecule has 0 spiro atoms. The molecule has 0 aliphatic rings. The maximum absolute atomic E-state index is 11.8. The number of hydrogen-bond acceptors (Lipinski definition) is 3. The van der Waals surface area contributed by atoms with Crippen molar-refractivity contribution < 1.29 is 9.53 Å². The average Bonchev–Trinajstić information content (AvgIpc) is 3.13. The van der Waals surface area contributed by atoms with E-state index in [9.17, 15) is 4.79 Å². The van der Waals surface area contributed by atoms with Gasteiger partial charge in [0.05, 0.1) is 24.8 Å². The van der Waals surface area contributed by atoms with E-state index in [1.54, 1.807) is 19.7 Å². The highest BCUT2D eigenvalue weighted by Crippen LogP contribution is 2.24. The van der Waals surface area contributed by atoms with Gasteiger partial charge in [-0.2, -0.15) is 0 Å². The lowest BCUT2D eigenvalue weighted by atomic mass is 10.1. The first-order valence-electron chi connectivity index (χ1n) is 8.68. The molecule has 0 bridgehead atoms. The molecule has 3 aromatic rings. The van der Waals surface area contributed by atoms with Crippen LogP contribution in [0.3, 0.4) is 0 Å². The molecule has 138 valence electrons. The molecule has 6 heteroatoms. The van der Waals surface area contributed by atoms with E-state index >= 15 is 0 Å². The monoisotopic (exact) mass is 362 g/mol. The minimum absolute atomic E-state index is 0.351. The van der Waals surface area contributed by atoms with E-state index in [1.807, 2.05) is 66.2 Å². The fourth-order valence-corrected chi connectivity index (χ4v) is 2.67. The molecule has 0 saturated carbocycles. The van der Waals surface area contributed by atoms with E-state index in [-0.39, 0.29) is 6.03 Å². The first-order chi connectivity index (χ1) is 13.2. The van der Waals surface area contributed by atoms with Gasteiger partial charge in [0.1, 0.15) is 5.75 Å². The summed E-state index contributed by atoms with van der Waals surface area (Å²) in [4.78, 5) is 20.0. The fourth-order valence-electron chi connectivity index (χ4n) is 2.67. The number of carbonyl (C=O) groups is 1. The van der Waals surface area contributed by atoms with Gasteiger partial charge in [-0.1, -0.05) is 36.4 Å². The molecule has 0 radical (unpaired) electrons. The molecule has 2 aromatic carbocycles. The Bertz CT molecular complexity index is 932. The van der Waals surface area contributed by atoms with Crippen LogP contribution in [0.15, 0.2) is 66.0 Å². The highest BCUT2D eigenvalue weighted by Gasteiger charge is 2.07. The summed E-state index contributed by atoms with van der Waals surface area (Å²) < 4.78 is 7.41. The lowest BCUT2D eigenvalue weighted by molar-refractivity contribution is 0.249. The summed E-state index contributed by atoms with van der Waals surface area (Å²) in [5.41, 5.74) is 3.90. The molecule has 1 heterocycles. The summed E-state index contributed by atoms with van der Waals surface area (Å²) in [6, 6.07) is 15.3. The Morgan fingerprint density at radius 3 is 2.74 bits per heavy atom. The Morgan fingerprint density at radius 2 is 2.04 bits per heavy atom. The normalized spacial score (nSPS) is 10.9. The lowest BCUT2D eigenvalue weighted by Crippen LogP contribution is -2.19. The Kier molecular flexibility index (Phi) is 5.99. The first-order valence-corrected chi connectivity index (χ1v) is 8.68. The molecule has 0 fully saturated rings. The van der Waals surface area contributed by atoms with Crippen molar-refractivity contribution in [2.24, 2.45) is 4.99 Å². The number of hydrogen-bond donors (Lipinski definition) is 1. The molecule has 2 amide bonds. The standard InChI is InChI=1S/C21H22N4O2/c1-16-14-25(15-24-16)19-9-8-17(12-20(19)27-2)10-11-22-21(26)23-13-18-6-4-3-5-7-18/h3-9,11-12,14-15H,10,13H2,1-2H3,(H,23,26). The summed E-state index contributed by atoms with van der Waals surface area (Å²) in [6.07, 6.45) is 5.84. The number of methoxy groups -OCH3 is 1. The predicted molar refractivity (Wildman–Crippen MR) is 106 cm³/mol. The molecule has 0 aliphatic heterocycles. The van der Waals surface area contributed by atoms with Crippen LogP contribution in [-0.2, 0) is 13.0 Å². The van der Waals surface area contributed by atoms with Gasteiger partial charge < -0.3 is 14.6 Å². The zero-order valence-electron chi connectivity index (χ0n) is 15.4. The second-order valence-electron chi connectivity index (χ2n) is 6.09. The zero-order valence-corrected chi connectivity index (χ0v) is 15.4. The number of imidazole rings is 1. The molecule has 3 rings (SSSR count). The van der Waals surface area contributed by atoms with Crippen LogP contribution in [0, 0.1) is 6.92 Å². The minimum Gasteiger partial charge on any atom is -0.495 e. The molecule has 1 N–H and O–H groups in total. The van der Waals surface area contributed by atoms with E-state index in [2.05, 4.69) is 15.3 Å². The van der Waals surface area contributed by atoms with Crippen molar-refractivity contribution in [1.29, 1.82) is 0 Å². The Labute approximate surface area is 158 Å². The number of amides is 2. The van der Waals surface area contributed by atoms with Crippen molar-refractivity contribution in [3.63, 3.8) is 0 Å².